The van der Waals surface area contributed by atoms with Crippen LogP contribution in [0.2, 0.25) is 0 Å². The van der Waals surface area contributed by atoms with Crippen molar-refractivity contribution in [1.82, 2.24) is 10.2 Å². The molecule has 0 radical (unpaired) electrons. The van der Waals surface area contributed by atoms with E-state index in [-0.39, 0.29) is 12.4 Å². The van der Waals surface area contributed by atoms with Crippen molar-refractivity contribution in [3.05, 3.63) is 33.4 Å². The van der Waals surface area contributed by atoms with E-state index in [1.165, 1.54) is 54.5 Å². The molecule has 1 aliphatic heterocycles. The second kappa shape index (κ2) is 7.97. The van der Waals surface area contributed by atoms with Gasteiger partial charge >= 0.3 is 0 Å². The number of hydrogen-bond donors (Lipinski definition) is 1. The summed E-state index contributed by atoms with van der Waals surface area (Å²) in [4.78, 5) is 2.59. The highest BCUT2D eigenvalue weighted by molar-refractivity contribution is 14.1. The van der Waals surface area contributed by atoms with Gasteiger partial charge in [-0.25, -0.2) is 0 Å². The molecule has 4 heteroatoms. The lowest BCUT2D eigenvalue weighted by molar-refractivity contribution is 0.190. The fraction of sp³-hybridized carbons (Fsp3) is 0.625. The Morgan fingerprint density at radius 3 is 2.30 bits per heavy atom. The summed E-state index contributed by atoms with van der Waals surface area (Å²) in [6, 6.07) is 9.71. The molecule has 0 bridgehead atoms. The normalized spacial score (nSPS) is 20.6. The van der Waals surface area contributed by atoms with Gasteiger partial charge in [-0.3, -0.25) is 4.90 Å². The van der Waals surface area contributed by atoms with Crippen LogP contribution in [0.3, 0.4) is 0 Å². The summed E-state index contributed by atoms with van der Waals surface area (Å²) in [7, 11) is 0. The monoisotopic (exact) mass is 406 g/mol. The Bertz CT molecular complexity index is 397. The molecule has 0 spiro atoms. The molecule has 1 heterocycles. The Balaban J connectivity index is 0.00000147. The van der Waals surface area contributed by atoms with E-state index in [9.17, 15) is 0 Å². The largest absolute Gasteiger partial charge is 0.314 e. The molecule has 2 aliphatic rings. The summed E-state index contributed by atoms with van der Waals surface area (Å²) in [5, 5.41) is 3.75. The van der Waals surface area contributed by atoms with Crippen LogP contribution in [0.25, 0.3) is 0 Å². The van der Waals surface area contributed by atoms with Crippen molar-refractivity contribution in [2.75, 3.05) is 19.6 Å². The highest BCUT2D eigenvalue weighted by atomic mass is 127. The quantitative estimate of drug-likeness (QED) is 0.751. The zero-order valence-electron chi connectivity index (χ0n) is 11.9. The summed E-state index contributed by atoms with van der Waals surface area (Å²) in [6.07, 6.45) is 5.55. The minimum absolute atomic E-state index is 0. The maximum absolute atomic E-state index is 3.75. The van der Waals surface area contributed by atoms with Crippen LogP contribution in [0.1, 0.15) is 31.2 Å². The zero-order valence-corrected chi connectivity index (χ0v) is 14.8. The average Bonchev–Trinajstić information content (AvgIpc) is 3.25. The van der Waals surface area contributed by atoms with E-state index in [1.54, 1.807) is 0 Å². The first-order chi connectivity index (χ1) is 9.29. The number of halogens is 2. The van der Waals surface area contributed by atoms with Crippen LogP contribution < -0.4 is 5.32 Å². The topological polar surface area (TPSA) is 15.3 Å². The van der Waals surface area contributed by atoms with E-state index in [0.29, 0.717) is 0 Å². The van der Waals surface area contributed by atoms with Gasteiger partial charge in [0.25, 0.3) is 0 Å². The van der Waals surface area contributed by atoms with Crippen molar-refractivity contribution >= 4 is 35.0 Å². The number of benzene rings is 1. The van der Waals surface area contributed by atoms with Crippen LogP contribution in [-0.4, -0.2) is 30.6 Å². The molecule has 3 rings (SSSR count). The fourth-order valence-electron chi connectivity index (χ4n) is 2.80. The summed E-state index contributed by atoms with van der Waals surface area (Å²) < 4.78 is 1.32. The van der Waals surface area contributed by atoms with Gasteiger partial charge in [-0.2, -0.15) is 0 Å². The number of nitrogens with zero attached hydrogens (tertiary/aromatic N) is 1. The first-order valence-electron chi connectivity index (χ1n) is 7.50. The van der Waals surface area contributed by atoms with Gasteiger partial charge in [0.1, 0.15) is 0 Å². The molecular formula is C16H24ClIN2. The van der Waals surface area contributed by atoms with E-state index < -0.39 is 0 Å². The van der Waals surface area contributed by atoms with E-state index in [4.69, 9.17) is 0 Å². The molecule has 2 fully saturated rings. The van der Waals surface area contributed by atoms with Gasteiger partial charge in [0.05, 0.1) is 0 Å². The van der Waals surface area contributed by atoms with Gasteiger partial charge in [0.2, 0.25) is 0 Å². The van der Waals surface area contributed by atoms with Crippen LogP contribution in [0, 0.1) is 9.49 Å². The highest BCUT2D eigenvalue weighted by Crippen LogP contribution is 2.28. The van der Waals surface area contributed by atoms with Crippen molar-refractivity contribution in [2.45, 2.75) is 38.3 Å². The van der Waals surface area contributed by atoms with Crippen molar-refractivity contribution in [3.8, 4) is 0 Å². The molecule has 20 heavy (non-hydrogen) atoms. The van der Waals surface area contributed by atoms with E-state index in [2.05, 4.69) is 57.1 Å². The van der Waals surface area contributed by atoms with Crippen LogP contribution in [0.15, 0.2) is 24.3 Å². The lowest BCUT2D eigenvalue weighted by Crippen LogP contribution is -2.42. The van der Waals surface area contributed by atoms with Crippen molar-refractivity contribution < 1.29 is 0 Å². The molecule has 1 N–H and O–H groups in total. The molecule has 0 amide bonds. The minimum atomic E-state index is 0. The summed E-state index contributed by atoms with van der Waals surface area (Å²) >= 11 is 2.37. The third-order valence-electron chi connectivity index (χ3n) is 4.30. The molecule has 0 atom stereocenters. The Labute approximate surface area is 142 Å². The van der Waals surface area contributed by atoms with Gasteiger partial charge in [0, 0.05) is 16.2 Å². The van der Waals surface area contributed by atoms with Crippen LogP contribution >= 0.6 is 35.0 Å². The molecule has 0 aromatic heterocycles. The zero-order chi connectivity index (χ0) is 13.1. The number of likely N-dealkylation sites (tertiary alicyclic amines) is 1. The first-order valence-corrected chi connectivity index (χ1v) is 8.57. The smallest absolute Gasteiger partial charge is 0.0233 e. The molecule has 1 aliphatic carbocycles. The fourth-order valence-corrected chi connectivity index (χ4v) is 3.16. The van der Waals surface area contributed by atoms with Gasteiger partial charge in [-0.15, -0.1) is 12.4 Å². The van der Waals surface area contributed by atoms with E-state index in [0.717, 1.165) is 18.5 Å². The molecule has 1 saturated heterocycles. The van der Waals surface area contributed by atoms with Crippen LogP contribution in [0.5, 0.6) is 0 Å². The van der Waals surface area contributed by atoms with Crippen molar-refractivity contribution in [2.24, 2.45) is 5.92 Å². The predicted molar refractivity (Wildman–Crippen MR) is 95.4 cm³/mol. The van der Waals surface area contributed by atoms with Crippen molar-refractivity contribution in [1.29, 1.82) is 0 Å². The lowest BCUT2D eigenvalue weighted by atomic mass is 10.0. The minimum Gasteiger partial charge on any atom is -0.314 e. The second-order valence-electron chi connectivity index (χ2n) is 6.03. The van der Waals surface area contributed by atoms with Crippen molar-refractivity contribution in [3.63, 3.8) is 0 Å². The summed E-state index contributed by atoms with van der Waals surface area (Å²) in [5.74, 6) is 1.00. The maximum Gasteiger partial charge on any atom is 0.0233 e. The van der Waals surface area contributed by atoms with Gasteiger partial charge in [-0.1, -0.05) is 12.1 Å². The lowest BCUT2D eigenvalue weighted by Gasteiger charge is -2.32. The number of piperidine rings is 1. The number of hydrogen-bond acceptors (Lipinski definition) is 2. The third kappa shape index (κ3) is 5.17. The Morgan fingerprint density at radius 1 is 1.05 bits per heavy atom. The van der Waals surface area contributed by atoms with Gasteiger partial charge in [0.15, 0.2) is 0 Å². The summed E-state index contributed by atoms with van der Waals surface area (Å²) in [6.45, 7) is 4.87. The number of nitrogens with one attached hydrogen (secondary N) is 1. The third-order valence-corrected chi connectivity index (χ3v) is 5.02. The predicted octanol–water partition coefficient (Wildman–Crippen LogP) is 3.68. The SMILES string of the molecule is Cl.Ic1ccc(CN2CCC(NCC3CC3)CC2)cc1. The molecule has 1 saturated carbocycles. The van der Waals surface area contributed by atoms with E-state index in [1.807, 2.05) is 0 Å². The standard InChI is InChI=1S/C16H23IN2.ClH/c17-15-5-3-14(4-6-15)12-19-9-7-16(8-10-19)18-11-13-1-2-13;/h3-6,13,16,18H,1-2,7-12H2;1H. The molecule has 2 nitrogen and oxygen atoms in total. The second-order valence-corrected chi connectivity index (χ2v) is 7.27. The Kier molecular flexibility index (Phi) is 6.59. The Hall–Kier alpha value is 0.160. The summed E-state index contributed by atoms with van der Waals surface area (Å²) in [5.41, 5.74) is 1.45. The molecule has 1 aromatic rings. The van der Waals surface area contributed by atoms with Gasteiger partial charge < -0.3 is 5.32 Å². The highest BCUT2D eigenvalue weighted by Gasteiger charge is 2.24. The number of rotatable bonds is 5. The first kappa shape index (κ1) is 16.5. The Morgan fingerprint density at radius 2 is 1.70 bits per heavy atom. The molecule has 112 valence electrons. The van der Waals surface area contributed by atoms with E-state index >= 15 is 0 Å². The van der Waals surface area contributed by atoms with Gasteiger partial charge in [-0.05, 0) is 91.5 Å². The van der Waals surface area contributed by atoms with Crippen LogP contribution in [0.4, 0.5) is 0 Å². The average molecular weight is 407 g/mol. The maximum atomic E-state index is 3.75. The van der Waals surface area contributed by atoms with Crippen LogP contribution in [-0.2, 0) is 6.54 Å². The molecular weight excluding hydrogens is 383 g/mol. The molecule has 1 aromatic carbocycles. The molecule has 0 unspecified atom stereocenters.